The number of ether oxygens (including phenoxy) is 1. The summed E-state index contributed by atoms with van der Waals surface area (Å²) in [4.78, 5) is 18.3. The van der Waals surface area contributed by atoms with Crippen LogP contribution >= 0.6 is 0 Å². The normalized spacial score (nSPS) is 16.9. The Hall–Kier alpha value is -2.40. The first-order chi connectivity index (χ1) is 12.8. The summed E-state index contributed by atoms with van der Waals surface area (Å²) in [6, 6.07) is 12.5. The van der Waals surface area contributed by atoms with Crippen LogP contribution in [0.15, 0.2) is 48.8 Å². The summed E-state index contributed by atoms with van der Waals surface area (Å²) in [6.07, 6.45) is 7.16. The summed E-state index contributed by atoms with van der Waals surface area (Å²) in [7, 11) is 1.68. The van der Waals surface area contributed by atoms with Crippen molar-refractivity contribution in [3.8, 4) is 5.75 Å². The van der Waals surface area contributed by atoms with Crippen LogP contribution in [-0.4, -0.2) is 42.0 Å². The lowest BCUT2D eigenvalue weighted by atomic mass is 10.1. The van der Waals surface area contributed by atoms with Gasteiger partial charge in [-0.15, -0.1) is 0 Å². The van der Waals surface area contributed by atoms with Crippen molar-refractivity contribution >= 4 is 5.91 Å². The zero-order valence-corrected chi connectivity index (χ0v) is 15.4. The van der Waals surface area contributed by atoms with Crippen molar-refractivity contribution in [2.75, 3.05) is 20.2 Å². The Labute approximate surface area is 155 Å². The number of carbonyl (C=O) groups excluding carboxylic acids is 1. The predicted octanol–water partition coefficient (Wildman–Crippen LogP) is 2.80. The fourth-order valence-corrected chi connectivity index (χ4v) is 3.44. The number of nitrogens with one attached hydrogen (secondary N) is 1. The van der Waals surface area contributed by atoms with Crippen LogP contribution in [0.3, 0.4) is 0 Å². The molecule has 26 heavy (non-hydrogen) atoms. The van der Waals surface area contributed by atoms with E-state index in [0.717, 1.165) is 44.6 Å². The largest absolute Gasteiger partial charge is 0.497 e. The van der Waals surface area contributed by atoms with Crippen LogP contribution in [0.1, 0.15) is 30.4 Å². The average molecular weight is 353 g/mol. The Morgan fingerprint density at radius 3 is 2.65 bits per heavy atom. The molecule has 1 N–H and O–H groups in total. The Morgan fingerprint density at radius 2 is 1.92 bits per heavy atom. The van der Waals surface area contributed by atoms with Gasteiger partial charge >= 0.3 is 0 Å². The molecule has 1 amide bonds. The van der Waals surface area contributed by atoms with E-state index in [0.29, 0.717) is 18.4 Å². The van der Waals surface area contributed by atoms with Crippen molar-refractivity contribution in [3.63, 3.8) is 0 Å². The molecule has 138 valence electrons. The number of rotatable bonds is 9. The molecular weight excluding hydrogens is 326 g/mol. The Kier molecular flexibility index (Phi) is 6.61. The highest BCUT2D eigenvalue weighted by atomic mass is 16.5. The lowest BCUT2D eigenvalue weighted by molar-refractivity contribution is -0.129. The van der Waals surface area contributed by atoms with Crippen molar-refractivity contribution in [1.82, 2.24) is 15.2 Å². The Morgan fingerprint density at radius 1 is 1.15 bits per heavy atom. The molecule has 0 bridgehead atoms. The molecule has 1 aliphatic heterocycles. The van der Waals surface area contributed by atoms with Crippen LogP contribution in [0.25, 0.3) is 0 Å². The van der Waals surface area contributed by atoms with Crippen LogP contribution < -0.4 is 10.1 Å². The number of benzene rings is 1. The van der Waals surface area contributed by atoms with Gasteiger partial charge in [-0.25, -0.2) is 0 Å². The second-order valence-electron chi connectivity index (χ2n) is 6.70. The second kappa shape index (κ2) is 9.34. The molecule has 1 saturated heterocycles. The number of carbonyl (C=O) groups is 1. The first-order valence-electron chi connectivity index (χ1n) is 9.28. The first-order valence-corrected chi connectivity index (χ1v) is 9.28. The summed E-state index contributed by atoms with van der Waals surface area (Å²) in [5, 5.41) is 3.49. The molecule has 1 fully saturated rings. The number of hydrogen-bond donors (Lipinski definition) is 1. The predicted molar refractivity (Wildman–Crippen MR) is 102 cm³/mol. The molecule has 0 spiro atoms. The lowest BCUT2D eigenvalue weighted by Gasteiger charge is -2.25. The highest BCUT2D eigenvalue weighted by molar-refractivity contribution is 5.78. The van der Waals surface area contributed by atoms with E-state index in [1.165, 1.54) is 11.1 Å². The van der Waals surface area contributed by atoms with Crippen molar-refractivity contribution in [1.29, 1.82) is 0 Å². The summed E-state index contributed by atoms with van der Waals surface area (Å²) in [5.74, 6) is 1.17. The highest BCUT2D eigenvalue weighted by Gasteiger charge is 2.29. The van der Waals surface area contributed by atoms with Gasteiger partial charge in [-0.2, -0.15) is 0 Å². The van der Waals surface area contributed by atoms with Crippen LogP contribution in [0.5, 0.6) is 5.75 Å². The minimum Gasteiger partial charge on any atom is -0.497 e. The van der Waals surface area contributed by atoms with Gasteiger partial charge in [0.25, 0.3) is 0 Å². The number of pyridine rings is 1. The van der Waals surface area contributed by atoms with Gasteiger partial charge in [-0.05, 0) is 61.2 Å². The van der Waals surface area contributed by atoms with Gasteiger partial charge in [0, 0.05) is 37.9 Å². The van der Waals surface area contributed by atoms with Gasteiger partial charge in [0.1, 0.15) is 5.75 Å². The molecule has 1 aromatic carbocycles. The summed E-state index contributed by atoms with van der Waals surface area (Å²) >= 11 is 0. The lowest BCUT2D eigenvalue weighted by Crippen LogP contribution is -2.36. The van der Waals surface area contributed by atoms with Crippen molar-refractivity contribution in [3.05, 3.63) is 59.9 Å². The van der Waals surface area contributed by atoms with Crippen molar-refractivity contribution in [2.24, 2.45) is 0 Å². The molecule has 1 aliphatic rings. The zero-order valence-electron chi connectivity index (χ0n) is 15.4. The smallest absolute Gasteiger partial charge is 0.222 e. The number of hydrogen-bond acceptors (Lipinski definition) is 4. The molecule has 0 saturated carbocycles. The molecule has 5 nitrogen and oxygen atoms in total. The van der Waals surface area contributed by atoms with Crippen molar-refractivity contribution in [2.45, 2.75) is 38.3 Å². The van der Waals surface area contributed by atoms with Crippen molar-refractivity contribution < 1.29 is 9.53 Å². The van der Waals surface area contributed by atoms with E-state index in [1.54, 1.807) is 7.11 Å². The molecular formula is C21H27N3O2. The monoisotopic (exact) mass is 353 g/mol. The van der Waals surface area contributed by atoms with Gasteiger partial charge < -0.3 is 15.0 Å². The van der Waals surface area contributed by atoms with E-state index < -0.39 is 0 Å². The van der Waals surface area contributed by atoms with E-state index in [2.05, 4.69) is 27.3 Å². The molecule has 1 aromatic heterocycles. The maximum Gasteiger partial charge on any atom is 0.222 e. The zero-order chi connectivity index (χ0) is 18.2. The molecule has 2 aromatic rings. The van der Waals surface area contributed by atoms with Gasteiger partial charge in [0.2, 0.25) is 5.91 Å². The molecule has 0 radical (unpaired) electrons. The van der Waals surface area contributed by atoms with E-state index in [-0.39, 0.29) is 0 Å². The van der Waals surface area contributed by atoms with E-state index in [1.807, 2.05) is 36.7 Å². The third-order valence-electron chi connectivity index (χ3n) is 4.99. The summed E-state index contributed by atoms with van der Waals surface area (Å²) in [6.45, 7) is 2.55. The number of aromatic nitrogens is 1. The van der Waals surface area contributed by atoms with Crippen LogP contribution in [-0.2, 0) is 17.8 Å². The third kappa shape index (κ3) is 5.05. The fourth-order valence-electron chi connectivity index (χ4n) is 3.44. The molecule has 3 rings (SSSR count). The standard InChI is InChI=1S/C21H27N3O2/c1-26-20-5-2-18(3-6-20)16-23-14-10-19-4-7-21(25)24(19)15-11-17-8-12-22-13-9-17/h2-3,5-6,8-9,12-13,19,23H,4,7,10-11,14-16H2,1H3. The molecule has 2 heterocycles. The van der Waals surface area contributed by atoms with Gasteiger partial charge in [0.05, 0.1) is 7.11 Å². The van der Waals surface area contributed by atoms with E-state index in [4.69, 9.17) is 4.74 Å². The second-order valence-corrected chi connectivity index (χ2v) is 6.70. The first kappa shape index (κ1) is 18.4. The Balaban J connectivity index is 1.41. The molecule has 1 unspecified atom stereocenters. The molecule has 0 aliphatic carbocycles. The minimum absolute atomic E-state index is 0.291. The van der Waals surface area contributed by atoms with Gasteiger partial charge in [-0.3, -0.25) is 9.78 Å². The maximum atomic E-state index is 12.2. The number of nitrogens with zero attached hydrogens (tertiary/aromatic N) is 2. The maximum absolute atomic E-state index is 12.2. The fraction of sp³-hybridized carbons (Fsp3) is 0.429. The number of amides is 1. The van der Waals surface area contributed by atoms with E-state index in [9.17, 15) is 4.79 Å². The molecule has 5 heteroatoms. The van der Waals surface area contributed by atoms with Gasteiger partial charge in [0.15, 0.2) is 0 Å². The number of methoxy groups -OCH3 is 1. The minimum atomic E-state index is 0.291. The summed E-state index contributed by atoms with van der Waals surface area (Å²) < 4.78 is 5.18. The average Bonchev–Trinajstić information content (AvgIpc) is 3.04. The SMILES string of the molecule is COc1ccc(CNCCC2CCC(=O)N2CCc2ccncc2)cc1. The Bertz CT molecular complexity index is 688. The van der Waals surface area contributed by atoms with Gasteiger partial charge in [-0.1, -0.05) is 12.1 Å². The topological polar surface area (TPSA) is 54.5 Å². The van der Waals surface area contributed by atoms with E-state index >= 15 is 0 Å². The number of likely N-dealkylation sites (tertiary alicyclic amines) is 1. The van der Waals surface area contributed by atoms with Crippen LogP contribution in [0, 0.1) is 0 Å². The summed E-state index contributed by atoms with van der Waals surface area (Å²) in [5.41, 5.74) is 2.47. The quantitative estimate of drug-likeness (QED) is 0.705. The van der Waals surface area contributed by atoms with Crippen LogP contribution in [0.4, 0.5) is 0 Å². The highest BCUT2D eigenvalue weighted by Crippen LogP contribution is 2.21. The third-order valence-corrected chi connectivity index (χ3v) is 4.99. The van der Waals surface area contributed by atoms with Crippen LogP contribution in [0.2, 0.25) is 0 Å². The molecule has 1 atom stereocenters.